The Morgan fingerprint density at radius 3 is 2.76 bits per heavy atom. The number of hydrogen-bond acceptors (Lipinski definition) is 4. The molecule has 17 heavy (non-hydrogen) atoms. The van der Waals surface area contributed by atoms with E-state index in [-0.39, 0.29) is 23.2 Å². The van der Waals surface area contributed by atoms with Gasteiger partial charge < -0.3 is 4.74 Å². The highest BCUT2D eigenvalue weighted by atomic mass is 35.5. The lowest BCUT2D eigenvalue weighted by atomic mass is 10.0. The summed E-state index contributed by atoms with van der Waals surface area (Å²) in [4.78, 5) is 20.7. The van der Waals surface area contributed by atoms with Gasteiger partial charge in [0.2, 0.25) is 0 Å². The lowest BCUT2D eigenvalue weighted by Crippen LogP contribution is -2.08. The van der Waals surface area contributed by atoms with Gasteiger partial charge in [-0.3, -0.25) is 10.1 Å². The fraction of sp³-hybridized carbons (Fsp3) is 0.300. The van der Waals surface area contributed by atoms with Crippen LogP contribution in [-0.2, 0) is 4.74 Å². The second-order valence-electron chi connectivity index (χ2n) is 3.41. The molecule has 0 heterocycles. The second-order valence-corrected chi connectivity index (χ2v) is 4.15. The summed E-state index contributed by atoms with van der Waals surface area (Å²) >= 11 is 10.7. The lowest BCUT2D eigenvalue weighted by molar-refractivity contribution is -0.385. The van der Waals surface area contributed by atoms with Crippen molar-refractivity contribution in [2.75, 3.05) is 6.61 Å². The van der Waals surface area contributed by atoms with Crippen LogP contribution in [0.25, 0.3) is 0 Å². The van der Waals surface area contributed by atoms with E-state index < -0.39 is 10.4 Å². The van der Waals surface area contributed by atoms with Crippen LogP contribution >= 0.6 is 23.2 Å². The normalized spacial score (nSPS) is 11.9. The first-order chi connectivity index (χ1) is 7.91. The van der Waals surface area contributed by atoms with Crippen molar-refractivity contribution in [1.82, 2.24) is 0 Å². The number of carbonyl (C=O) groups excluding carboxylic acids is 1. The van der Waals surface area contributed by atoms with E-state index in [9.17, 15) is 14.9 Å². The molecule has 0 spiro atoms. The summed E-state index contributed by atoms with van der Waals surface area (Å²) in [5.41, 5.74) is -0.596. The highest BCUT2D eigenvalue weighted by molar-refractivity contribution is 6.61. The highest BCUT2D eigenvalue weighted by Gasteiger charge is 2.20. The van der Waals surface area contributed by atoms with Gasteiger partial charge in [0.05, 0.1) is 11.5 Å². The number of halogens is 2. The van der Waals surface area contributed by atoms with E-state index in [0.717, 1.165) is 0 Å². The van der Waals surface area contributed by atoms with E-state index in [1.807, 2.05) is 0 Å². The minimum Gasteiger partial charge on any atom is -0.453 e. The molecule has 0 aliphatic rings. The summed E-state index contributed by atoms with van der Waals surface area (Å²) in [5.74, 6) is -0.338. The van der Waals surface area contributed by atoms with Gasteiger partial charge in [0.1, 0.15) is 0 Å². The van der Waals surface area contributed by atoms with Crippen molar-refractivity contribution in [3.05, 3.63) is 38.9 Å². The molecule has 92 valence electrons. The van der Waals surface area contributed by atoms with Crippen LogP contribution in [0.2, 0.25) is 5.02 Å². The molecule has 0 saturated heterocycles. The van der Waals surface area contributed by atoms with E-state index in [1.54, 1.807) is 13.0 Å². The monoisotopic (exact) mass is 277 g/mol. The first-order valence-electron chi connectivity index (χ1n) is 4.68. The van der Waals surface area contributed by atoms with Gasteiger partial charge in [-0.2, -0.15) is 0 Å². The summed E-state index contributed by atoms with van der Waals surface area (Å²) in [5, 5.41) is 11.1. The van der Waals surface area contributed by atoms with Crippen LogP contribution in [0.15, 0.2) is 18.2 Å². The Labute approximate surface area is 107 Å². The summed E-state index contributed by atoms with van der Waals surface area (Å²) in [7, 11) is 0. The van der Waals surface area contributed by atoms with Gasteiger partial charge in [0.15, 0.2) is 0 Å². The molecule has 0 amide bonds. The first-order valence-corrected chi connectivity index (χ1v) is 5.43. The fourth-order valence-electron chi connectivity index (χ4n) is 1.37. The van der Waals surface area contributed by atoms with Crippen molar-refractivity contribution in [3.8, 4) is 0 Å². The van der Waals surface area contributed by atoms with Gasteiger partial charge in [-0.1, -0.05) is 24.6 Å². The molecule has 1 aromatic carbocycles. The number of nitro benzene ring substituents is 1. The Hall–Kier alpha value is -1.33. The van der Waals surface area contributed by atoms with Gasteiger partial charge in [-0.25, -0.2) is 4.79 Å². The van der Waals surface area contributed by atoms with Crippen LogP contribution < -0.4 is 0 Å². The predicted octanol–water partition coefficient (Wildman–Crippen LogP) is 3.73. The molecule has 1 rings (SSSR count). The van der Waals surface area contributed by atoms with Crippen LogP contribution in [0.1, 0.15) is 18.4 Å². The molecule has 7 heteroatoms. The van der Waals surface area contributed by atoms with Gasteiger partial charge in [-0.05, 0) is 6.07 Å². The molecule has 0 radical (unpaired) electrons. The molecule has 1 unspecified atom stereocenters. The molecular formula is C10H9Cl2NO4. The maximum absolute atomic E-state index is 10.8. The number of carbonyl (C=O) groups is 1. The van der Waals surface area contributed by atoms with Crippen molar-refractivity contribution >= 4 is 34.3 Å². The Morgan fingerprint density at radius 2 is 2.24 bits per heavy atom. The lowest BCUT2D eigenvalue weighted by Gasteiger charge is -2.11. The molecule has 5 nitrogen and oxygen atoms in total. The van der Waals surface area contributed by atoms with Crippen molar-refractivity contribution in [3.63, 3.8) is 0 Å². The van der Waals surface area contributed by atoms with Crippen molar-refractivity contribution in [2.45, 2.75) is 12.8 Å². The third-order valence-corrected chi connectivity index (χ3v) is 2.51. The van der Waals surface area contributed by atoms with Crippen LogP contribution in [0.3, 0.4) is 0 Å². The molecule has 0 saturated carbocycles. The van der Waals surface area contributed by atoms with Crippen molar-refractivity contribution in [2.24, 2.45) is 0 Å². The molecule has 0 aliphatic heterocycles. The zero-order valence-electron chi connectivity index (χ0n) is 8.85. The van der Waals surface area contributed by atoms with Crippen molar-refractivity contribution < 1.29 is 14.5 Å². The molecular weight excluding hydrogens is 269 g/mol. The van der Waals surface area contributed by atoms with E-state index >= 15 is 0 Å². The molecule has 0 fully saturated rings. The molecule has 0 bridgehead atoms. The highest BCUT2D eigenvalue weighted by Crippen LogP contribution is 2.29. The average Bonchev–Trinajstić information content (AvgIpc) is 2.25. The topological polar surface area (TPSA) is 69.4 Å². The van der Waals surface area contributed by atoms with Crippen LogP contribution in [-0.4, -0.2) is 17.0 Å². The zero-order chi connectivity index (χ0) is 13.0. The number of rotatable bonds is 4. The Kier molecular flexibility index (Phi) is 4.72. The summed E-state index contributed by atoms with van der Waals surface area (Å²) in [6.07, 6.45) is 0. The fourth-order valence-corrected chi connectivity index (χ4v) is 1.60. The molecule has 1 aromatic rings. The van der Waals surface area contributed by atoms with Crippen LogP contribution in [0.5, 0.6) is 0 Å². The molecule has 1 atom stereocenters. The standard InChI is InChI=1S/C10H9Cl2NO4/c1-6(5-17-10(12)14)8-3-2-7(11)4-9(8)13(15)16/h2-4,6H,5H2,1H3. The second kappa shape index (κ2) is 5.84. The maximum Gasteiger partial charge on any atom is 0.403 e. The Bertz CT molecular complexity index is 450. The number of benzene rings is 1. The minimum atomic E-state index is -0.937. The van der Waals surface area contributed by atoms with Gasteiger partial charge in [-0.15, -0.1) is 0 Å². The van der Waals surface area contributed by atoms with E-state index in [0.29, 0.717) is 5.56 Å². The minimum absolute atomic E-state index is 0.0230. The summed E-state index contributed by atoms with van der Waals surface area (Å²) < 4.78 is 4.59. The van der Waals surface area contributed by atoms with Crippen LogP contribution in [0.4, 0.5) is 10.5 Å². The Morgan fingerprint density at radius 1 is 1.59 bits per heavy atom. The first kappa shape index (κ1) is 13.7. The SMILES string of the molecule is CC(COC(=O)Cl)c1ccc(Cl)cc1[N+](=O)[O-]. The van der Waals surface area contributed by atoms with E-state index in [2.05, 4.69) is 4.74 Å². The quantitative estimate of drug-likeness (QED) is 0.478. The van der Waals surface area contributed by atoms with Gasteiger partial charge in [0.25, 0.3) is 5.69 Å². The number of nitro groups is 1. The largest absolute Gasteiger partial charge is 0.453 e. The summed E-state index contributed by atoms with van der Waals surface area (Å²) in [6.45, 7) is 1.67. The smallest absolute Gasteiger partial charge is 0.403 e. The number of nitrogens with zero attached hydrogens (tertiary/aromatic N) is 1. The predicted molar refractivity (Wildman–Crippen MR) is 63.7 cm³/mol. The molecule has 0 N–H and O–H groups in total. The van der Waals surface area contributed by atoms with Crippen LogP contribution in [0, 0.1) is 10.1 Å². The molecule has 0 aliphatic carbocycles. The summed E-state index contributed by atoms with van der Waals surface area (Å²) in [6, 6.07) is 4.34. The van der Waals surface area contributed by atoms with Crippen molar-refractivity contribution in [1.29, 1.82) is 0 Å². The average molecular weight is 278 g/mol. The molecule has 0 aromatic heterocycles. The van der Waals surface area contributed by atoms with Gasteiger partial charge >= 0.3 is 5.43 Å². The number of hydrogen-bond donors (Lipinski definition) is 0. The van der Waals surface area contributed by atoms with E-state index in [4.69, 9.17) is 23.2 Å². The number of ether oxygens (including phenoxy) is 1. The maximum atomic E-state index is 10.8. The Balaban J connectivity index is 2.96. The third kappa shape index (κ3) is 3.87. The van der Waals surface area contributed by atoms with Gasteiger partial charge in [0, 0.05) is 34.2 Å². The zero-order valence-corrected chi connectivity index (χ0v) is 10.4. The third-order valence-electron chi connectivity index (χ3n) is 2.17. The van der Waals surface area contributed by atoms with E-state index in [1.165, 1.54) is 12.1 Å².